The van der Waals surface area contributed by atoms with Crippen LogP contribution in [-0.4, -0.2) is 23.3 Å². The van der Waals surface area contributed by atoms with Crippen LogP contribution in [0.5, 0.6) is 5.75 Å². The molecular weight excluding hydrogens is 284 g/mol. The number of para-hydroxylation sites is 1. The summed E-state index contributed by atoms with van der Waals surface area (Å²) in [5, 5.41) is 11.8. The quantitative estimate of drug-likeness (QED) is 0.457. The van der Waals surface area contributed by atoms with E-state index in [1.807, 2.05) is 6.07 Å². The Labute approximate surface area is 130 Å². The van der Waals surface area contributed by atoms with Gasteiger partial charge in [-0.3, -0.25) is 4.79 Å². The first kappa shape index (κ1) is 17.8. The number of hydrogen-bond acceptors (Lipinski definition) is 3. The van der Waals surface area contributed by atoms with Gasteiger partial charge in [-0.25, -0.2) is 4.79 Å². The minimum absolute atomic E-state index is 0.177. The molecule has 4 N–H and O–H groups in total. The summed E-state index contributed by atoms with van der Waals surface area (Å²) in [5.74, 6) is -0.907. The zero-order valence-electron chi connectivity index (χ0n) is 12.8. The molecule has 6 nitrogen and oxygen atoms in total. The number of carboxylic acid groups (broad SMARTS) is 1. The van der Waals surface area contributed by atoms with Crippen LogP contribution in [0.25, 0.3) is 0 Å². The van der Waals surface area contributed by atoms with Crippen LogP contribution >= 0.6 is 0 Å². The molecule has 0 spiro atoms. The average molecular weight is 308 g/mol. The van der Waals surface area contributed by atoms with Crippen molar-refractivity contribution in [3.8, 4) is 5.75 Å². The number of carboxylic acids is 1. The van der Waals surface area contributed by atoms with Gasteiger partial charge in [0, 0.05) is 6.42 Å². The van der Waals surface area contributed by atoms with Crippen molar-refractivity contribution < 1.29 is 19.4 Å². The van der Waals surface area contributed by atoms with Gasteiger partial charge in [0.05, 0.1) is 5.92 Å². The van der Waals surface area contributed by atoms with E-state index in [9.17, 15) is 14.7 Å². The number of hydrogen-bond donors (Lipinski definition) is 3. The molecule has 2 amide bonds. The van der Waals surface area contributed by atoms with Crippen molar-refractivity contribution >= 4 is 12.0 Å². The SMILES string of the molecule is CCCCCC(CC(NC(N)=O)Oc1ccccc1)C(=O)O. The fraction of sp³-hybridized carbons (Fsp3) is 0.500. The Morgan fingerprint density at radius 3 is 2.50 bits per heavy atom. The lowest BCUT2D eigenvalue weighted by atomic mass is 9.97. The zero-order chi connectivity index (χ0) is 16.4. The lowest BCUT2D eigenvalue weighted by molar-refractivity contribution is -0.143. The third-order valence-electron chi connectivity index (χ3n) is 3.33. The third-order valence-corrected chi connectivity index (χ3v) is 3.33. The van der Waals surface area contributed by atoms with Gasteiger partial charge in [-0.1, -0.05) is 44.4 Å². The second kappa shape index (κ2) is 9.65. The van der Waals surface area contributed by atoms with Crippen LogP contribution < -0.4 is 15.8 Å². The highest BCUT2D eigenvalue weighted by molar-refractivity contribution is 5.72. The molecule has 0 fully saturated rings. The normalized spacial score (nSPS) is 13.1. The number of urea groups is 1. The number of primary amides is 1. The van der Waals surface area contributed by atoms with Gasteiger partial charge in [-0.2, -0.15) is 0 Å². The molecule has 0 aliphatic carbocycles. The molecule has 1 aromatic carbocycles. The minimum Gasteiger partial charge on any atom is -0.481 e. The fourth-order valence-corrected chi connectivity index (χ4v) is 2.20. The standard InChI is InChI=1S/C16H24N2O4/c1-2-3-5-8-12(15(19)20)11-14(18-16(17)21)22-13-9-6-4-7-10-13/h4,6-7,9-10,12,14H,2-3,5,8,11H2,1H3,(H,19,20)(H3,17,18,21). The molecule has 0 saturated carbocycles. The first-order valence-corrected chi connectivity index (χ1v) is 7.53. The number of carbonyl (C=O) groups is 2. The van der Waals surface area contributed by atoms with Crippen molar-refractivity contribution in [2.45, 2.75) is 45.3 Å². The molecule has 0 radical (unpaired) electrons. The summed E-state index contributed by atoms with van der Waals surface area (Å²) in [6.45, 7) is 2.06. The lowest BCUT2D eigenvalue weighted by Crippen LogP contribution is -2.44. The van der Waals surface area contributed by atoms with Crippen molar-refractivity contribution in [1.82, 2.24) is 5.32 Å². The van der Waals surface area contributed by atoms with Gasteiger partial charge < -0.3 is 20.9 Å². The van der Waals surface area contributed by atoms with E-state index in [0.717, 1.165) is 19.3 Å². The van der Waals surface area contributed by atoms with E-state index in [4.69, 9.17) is 10.5 Å². The topological polar surface area (TPSA) is 102 Å². The fourth-order valence-electron chi connectivity index (χ4n) is 2.20. The van der Waals surface area contributed by atoms with Crippen LogP contribution in [0.2, 0.25) is 0 Å². The van der Waals surface area contributed by atoms with E-state index in [1.54, 1.807) is 24.3 Å². The van der Waals surface area contributed by atoms with Gasteiger partial charge in [-0.05, 0) is 18.6 Å². The number of carbonyl (C=O) groups excluding carboxylic acids is 1. The molecule has 6 heteroatoms. The first-order valence-electron chi connectivity index (χ1n) is 7.53. The molecule has 0 aliphatic rings. The van der Waals surface area contributed by atoms with Gasteiger partial charge in [0.15, 0.2) is 6.23 Å². The van der Waals surface area contributed by atoms with E-state index in [2.05, 4.69) is 12.2 Å². The number of unbranched alkanes of at least 4 members (excludes halogenated alkanes) is 2. The van der Waals surface area contributed by atoms with E-state index in [-0.39, 0.29) is 6.42 Å². The summed E-state index contributed by atoms with van der Waals surface area (Å²) in [6.07, 6.45) is 2.81. The molecular formula is C16H24N2O4. The number of amides is 2. The summed E-state index contributed by atoms with van der Waals surface area (Å²) in [6, 6.07) is 8.18. The summed E-state index contributed by atoms with van der Waals surface area (Å²) in [7, 11) is 0. The van der Waals surface area contributed by atoms with Crippen molar-refractivity contribution in [2.75, 3.05) is 0 Å². The Morgan fingerprint density at radius 1 is 1.27 bits per heavy atom. The van der Waals surface area contributed by atoms with E-state index >= 15 is 0 Å². The maximum absolute atomic E-state index is 11.4. The molecule has 1 rings (SSSR count). The van der Waals surface area contributed by atoms with Gasteiger partial charge in [0.1, 0.15) is 5.75 Å². The minimum atomic E-state index is -0.885. The third kappa shape index (κ3) is 6.97. The maximum Gasteiger partial charge on any atom is 0.315 e. The summed E-state index contributed by atoms with van der Waals surface area (Å²) in [4.78, 5) is 22.5. The second-order valence-corrected chi connectivity index (χ2v) is 5.19. The summed E-state index contributed by atoms with van der Waals surface area (Å²) < 4.78 is 5.64. The molecule has 122 valence electrons. The zero-order valence-corrected chi connectivity index (χ0v) is 12.8. The Morgan fingerprint density at radius 2 is 1.95 bits per heavy atom. The van der Waals surface area contributed by atoms with Crippen LogP contribution in [0, 0.1) is 5.92 Å². The first-order chi connectivity index (χ1) is 10.5. The molecule has 0 heterocycles. The van der Waals surface area contributed by atoms with Crippen molar-refractivity contribution in [1.29, 1.82) is 0 Å². The lowest BCUT2D eigenvalue weighted by Gasteiger charge is -2.22. The highest BCUT2D eigenvalue weighted by Gasteiger charge is 2.24. The van der Waals surface area contributed by atoms with Gasteiger partial charge in [0.25, 0.3) is 0 Å². The van der Waals surface area contributed by atoms with Crippen LogP contribution in [0.1, 0.15) is 39.0 Å². The van der Waals surface area contributed by atoms with E-state index < -0.39 is 24.1 Å². The van der Waals surface area contributed by atoms with Crippen molar-refractivity contribution in [2.24, 2.45) is 11.7 Å². The predicted molar refractivity (Wildman–Crippen MR) is 83.5 cm³/mol. The monoisotopic (exact) mass is 308 g/mol. The molecule has 22 heavy (non-hydrogen) atoms. The maximum atomic E-state index is 11.4. The Hall–Kier alpha value is -2.24. The number of aliphatic carboxylic acids is 1. The number of benzene rings is 1. The highest BCUT2D eigenvalue weighted by Crippen LogP contribution is 2.19. The molecule has 1 aromatic rings. The van der Waals surface area contributed by atoms with E-state index in [1.165, 1.54) is 0 Å². The number of nitrogens with two attached hydrogens (primary N) is 1. The van der Waals surface area contributed by atoms with Crippen LogP contribution in [-0.2, 0) is 4.79 Å². The Bertz CT molecular complexity index is 464. The van der Waals surface area contributed by atoms with Crippen LogP contribution in [0.15, 0.2) is 30.3 Å². The smallest absolute Gasteiger partial charge is 0.315 e. The Balaban J connectivity index is 2.68. The van der Waals surface area contributed by atoms with Crippen molar-refractivity contribution in [3.05, 3.63) is 30.3 Å². The number of rotatable bonds is 10. The number of ether oxygens (including phenoxy) is 1. The Kier molecular flexibility index (Phi) is 7.81. The van der Waals surface area contributed by atoms with Crippen LogP contribution in [0.4, 0.5) is 4.79 Å². The summed E-state index contributed by atoms with van der Waals surface area (Å²) >= 11 is 0. The largest absolute Gasteiger partial charge is 0.481 e. The molecule has 0 aromatic heterocycles. The molecule has 0 saturated heterocycles. The van der Waals surface area contributed by atoms with Crippen molar-refractivity contribution in [3.63, 3.8) is 0 Å². The second-order valence-electron chi connectivity index (χ2n) is 5.19. The van der Waals surface area contributed by atoms with Crippen LogP contribution in [0.3, 0.4) is 0 Å². The molecule has 0 aliphatic heterocycles. The molecule has 0 bridgehead atoms. The summed E-state index contributed by atoms with van der Waals surface area (Å²) in [5.41, 5.74) is 5.14. The predicted octanol–water partition coefficient (Wildman–Crippen LogP) is 2.73. The van der Waals surface area contributed by atoms with Gasteiger partial charge >= 0.3 is 12.0 Å². The van der Waals surface area contributed by atoms with Gasteiger partial charge in [-0.15, -0.1) is 0 Å². The highest BCUT2D eigenvalue weighted by atomic mass is 16.5. The van der Waals surface area contributed by atoms with Gasteiger partial charge in [0.2, 0.25) is 0 Å². The molecule has 2 atom stereocenters. The van der Waals surface area contributed by atoms with E-state index in [0.29, 0.717) is 12.2 Å². The molecule has 2 unspecified atom stereocenters. The average Bonchev–Trinajstić information content (AvgIpc) is 2.46. The number of nitrogens with one attached hydrogen (secondary N) is 1.